The fourth-order valence-corrected chi connectivity index (χ4v) is 2.32. The van der Waals surface area contributed by atoms with E-state index in [0.717, 1.165) is 11.1 Å². The second-order valence-corrected chi connectivity index (χ2v) is 5.56. The first-order valence-corrected chi connectivity index (χ1v) is 8.14. The topological polar surface area (TPSA) is 42.8 Å². The largest absolute Gasteiger partial charge is 0.493 e. The van der Waals surface area contributed by atoms with Crippen LogP contribution in [-0.2, 0) is 6.61 Å². The molecule has 5 heteroatoms. The Morgan fingerprint density at radius 1 is 0.962 bits per heavy atom. The van der Waals surface area contributed by atoms with Gasteiger partial charge in [0.1, 0.15) is 12.4 Å². The number of rotatable bonds is 7. The maximum atomic E-state index is 12.9. The van der Waals surface area contributed by atoms with Crippen LogP contribution in [0.1, 0.15) is 11.1 Å². The summed E-state index contributed by atoms with van der Waals surface area (Å²) in [6.45, 7) is 0.469. The Hall–Kier alpha value is -3.34. The molecule has 0 spiro atoms. The van der Waals surface area contributed by atoms with Gasteiger partial charge in [0, 0.05) is 0 Å². The summed E-state index contributed by atoms with van der Waals surface area (Å²) < 4.78 is 24.1. The molecule has 0 aliphatic heterocycles. The molecule has 0 radical (unpaired) electrons. The van der Waals surface area contributed by atoms with Crippen molar-refractivity contribution in [1.82, 2.24) is 0 Å². The number of ether oxygens (including phenoxy) is 2. The first kappa shape index (κ1) is 17.5. The predicted molar refractivity (Wildman–Crippen MR) is 101 cm³/mol. The molecule has 3 rings (SSSR count). The van der Waals surface area contributed by atoms with Crippen molar-refractivity contribution < 1.29 is 13.9 Å². The summed E-state index contributed by atoms with van der Waals surface area (Å²) >= 11 is 0. The average Bonchev–Trinajstić information content (AvgIpc) is 2.69. The Morgan fingerprint density at radius 2 is 1.73 bits per heavy atom. The van der Waals surface area contributed by atoms with Gasteiger partial charge in [-0.25, -0.2) is 4.39 Å². The van der Waals surface area contributed by atoms with Crippen LogP contribution in [0.25, 0.3) is 0 Å². The van der Waals surface area contributed by atoms with Gasteiger partial charge in [-0.2, -0.15) is 5.10 Å². The Kier molecular flexibility index (Phi) is 5.83. The minimum absolute atomic E-state index is 0.282. The molecule has 0 aliphatic rings. The van der Waals surface area contributed by atoms with Crippen LogP contribution in [0.4, 0.5) is 10.1 Å². The Bertz CT molecular complexity index is 865. The lowest BCUT2D eigenvalue weighted by molar-refractivity contribution is 0.284. The van der Waals surface area contributed by atoms with Gasteiger partial charge in [-0.3, -0.25) is 5.43 Å². The summed E-state index contributed by atoms with van der Waals surface area (Å²) in [5.41, 5.74) is 5.49. The van der Waals surface area contributed by atoms with Gasteiger partial charge in [0.2, 0.25) is 0 Å². The highest BCUT2D eigenvalue weighted by molar-refractivity contribution is 5.81. The molecular formula is C21H19FN2O2. The number of hydrazone groups is 1. The molecule has 0 heterocycles. The normalized spacial score (nSPS) is 10.7. The lowest BCUT2D eigenvalue weighted by Crippen LogP contribution is -1.98. The van der Waals surface area contributed by atoms with E-state index in [-0.39, 0.29) is 5.82 Å². The summed E-state index contributed by atoms with van der Waals surface area (Å²) in [7, 11) is 1.60. The molecular weight excluding hydrogens is 331 g/mol. The van der Waals surface area contributed by atoms with Crippen molar-refractivity contribution in [3.8, 4) is 11.5 Å². The van der Waals surface area contributed by atoms with Crippen LogP contribution in [0.3, 0.4) is 0 Å². The zero-order chi connectivity index (χ0) is 18.2. The molecule has 0 fully saturated rings. The Balaban J connectivity index is 1.64. The van der Waals surface area contributed by atoms with Crippen molar-refractivity contribution in [2.45, 2.75) is 6.61 Å². The molecule has 0 atom stereocenters. The number of hydrogen-bond acceptors (Lipinski definition) is 4. The van der Waals surface area contributed by atoms with Crippen LogP contribution in [0.15, 0.2) is 77.9 Å². The quantitative estimate of drug-likeness (QED) is 0.489. The van der Waals surface area contributed by atoms with Gasteiger partial charge in [0.15, 0.2) is 11.5 Å². The number of methoxy groups -OCH3 is 1. The van der Waals surface area contributed by atoms with E-state index in [1.165, 1.54) is 12.1 Å². The number of nitrogens with zero attached hydrogens (tertiary/aromatic N) is 1. The number of anilines is 1. The number of hydrogen-bond donors (Lipinski definition) is 1. The van der Waals surface area contributed by atoms with E-state index in [1.807, 2.05) is 48.5 Å². The summed E-state index contributed by atoms with van der Waals surface area (Å²) in [6, 6.07) is 21.5. The van der Waals surface area contributed by atoms with E-state index < -0.39 is 0 Å². The summed E-state index contributed by atoms with van der Waals surface area (Å²) in [6.07, 6.45) is 1.66. The summed E-state index contributed by atoms with van der Waals surface area (Å²) in [4.78, 5) is 0. The van der Waals surface area contributed by atoms with E-state index in [9.17, 15) is 4.39 Å². The minimum Gasteiger partial charge on any atom is -0.493 e. The number of benzene rings is 3. The molecule has 0 bridgehead atoms. The Morgan fingerprint density at radius 3 is 2.46 bits per heavy atom. The average molecular weight is 350 g/mol. The van der Waals surface area contributed by atoms with Crippen molar-refractivity contribution in [2.75, 3.05) is 12.5 Å². The monoisotopic (exact) mass is 350 g/mol. The SMILES string of the molecule is COc1cc(/C=N\Nc2ccc(F)cc2)ccc1OCc1ccccc1. The predicted octanol–water partition coefficient (Wildman–Crippen LogP) is 4.86. The smallest absolute Gasteiger partial charge is 0.161 e. The third-order valence-electron chi connectivity index (χ3n) is 3.68. The molecule has 26 heavy (non-hydrogen) atoms. The fraction of sp³-hybridized carbons (Fsp3) is 0.0952. The molecule has 0 aliphatic carbocycles. The second-order valence-electron chi connectivity index (χ2n) is 5.56. The van der Waals surface area contributed by atoms with E-state index in [4.69, 9.17) is 9.47 Å². The highest BCUT2D eigenvalue weighted by Crippen LogP contribution is 2.28. The van der Waals surface area contributed by atoms with Crippen LogP contribution in [0, 0.1) is 5.82 Å². The molecule has 3 aromatic carbocycles. The van der Waals surface area contributed by atoms with E-state index >= 15 is 0 Å². The van der Waals surface area contributed by atoms with Crippen molar-refractivity contribution in [3.05, 3.63) is 89.7 Å². The molecule has 0 unspecified atom stereocenters. The van der Waals surface area contributed by atoms with Crippen LogP contribution in [0.5, 0.6) is 11.5 Å². The highest BCUT2D eigenvalue weighted by atomic mass is 19.1. The molecule has 0 amide bonds. The van der Waals surface area contributed by atoms with Crippen molar-refractivity contribution in [3.63, 3.8) is 0 Å². The van der Waals surface area contributed by atoms with Gasteiger partial charge < -0.3 is 9.47 Å². The first-order chi connectivity index (χ1) is 12.7. The molecule has 4 nitrogen and oxygen atoms in total. The molecule has 132 valence electrons. The molecule has 0 saturated heterocycles. The Labute approximate surface area is 151 Å². The highest BCUT2D eigenvalue weighted by Gasteiger charge is 2.05. The van der Waals surface area contributed by atoms with Gasteiger partial charge in [0.25, 0.3) is 0 Å². The van der Waals surface area contributed by atoms with Gasteiger partial charge in [-0.1, -0.05) is 30.3 Å². The first-order valence-electron chi connectivity index (χ1n) is 8.14. The third-order valence-corrected chi connectivity index (χ3v) is 3.68. The van der Waals surface area contributed by atoms with Crippen molar-refractivity contribution in [1.29, 1.82) is 0 Å². The second kappa shape index (κ2) is 8.67. The van der Waals surface area contributed by atoms with E-state index in [2.05, 4.69) is 10.5 Å². The molecule has 0 aromatic heterocycles. The lowest BCUT2D eigenvalue weighted by Gasteiger charge is -2.11. The molecule has 0 saturated carbocycles. The van der Waals surface area contributed by atoms with Crippen molar-refractivity contribution in [2.24, 2.45) is 5.10 Å². The zero-order valence-electron chi connectivity index (χ0n) is 14.4. The number of halogens is 1. The summed E-state index contributed by atoms with van der Waals surface area (Å²) in [5, 5.41) is 4.15. The van der Waals surface area contributed by atoms with E-state index in [0.29, 0.717) is 23.8 Å². The fourth-order valence-electron chi connectivity index (χ4n) is 2.32. The van der Waals surface area contributed by atoms with Crippen LogP contribution in [-0.4, -0.2) is 13.3 Å². The van der Waals surface area contributed by atoms with Crippen LogP contribution >= 0.6 is 0 Å². The molecule has 1 N–H and O–H groups in total. The summed E-state index contributed by atoms with van der Waals surface area (Å²) in [5.74, 6) is 1.02. The van der Waals surface area contributed by atoms with Gasteiger partial charge in [-0.15, -0.1) is 0 Å². The van der Waals surface area contributed by atoms with Gasteiger partial charge in [0.05, 0.1) is 19.0 Å². The van der Waals surface area contributed by atoms with Gasteiger partial charge >= 0.3 is 0 Å². The zero-order valence-corrected chi connectivity index (χ0v) is 14.4. The third kappa shape index (κ3) is 4.83. The van der Waals surface area contributed by atoms with Crippen LogP contribution < -0.4 is 14.9 Å². The van der Waals surface area contributed by atoms with Crippen molar-refractivity contribution >= 4 is 11.9 Å². The molecule has 3 aromatic rings. The maximum Gasteiger partial charge on any atom is 0.161 e. The lowest BCUT2D eigenvalue weighted by atomic mass is 10.2. The minimum atomic E-state index is -0.282. The van der Waals surface area contributed by atoms with Crippen LogP contribution in [0.2, 0.25) is 0 Å². The number of nitrogens with one attached hydrogen (secondary N) is 1. The maximum absolute atomic E-state index is 12.9. The van der Waals surface area contributed by atoms with E-state index in [1.54, 1.807) is 25.5 Å². The standard InChI is InChI=1S/C21H19FN2O2/c1-25-21-13-17(14-23-24-19-10-8-18(22)9-11-19)7-12-20(21)26-15-16-5-3-2-4-6-16/h2-14,24H,15H2,1H3/b23-14-. The van der Waals surface area contributed by atoms with Gasteiger partial charge in [-0.05, 0) is 53.6 Å².